The highest BCUT2D eigenvalue weighted by molar-refractivity contribution is 5.98. The monoisotopic (exact) mass is 603 g/mol. The van der Waals surface area contributed by atoms with Crippen LogP contribution in [0.2, 0.25) is 0 Å². The smallest absolute Gasteiger partial charge is 0.410 e. The number of carboxylic acids is 1. The van der Waals surface area contributed by atoms with Gasteiger partial charge < -0.3 is 28.9 Å². The second kappa shape index (κ2) is 13.6. The SMILES string of the molecule is CN(CCC[C@H]1COc2ccccc2-c2c(C3CCCCC3)c3ccc(C(=O)O)cc3n2C1)CCN(C)C(=O)OC(C)(C)C. The molecular weight excluding hydrogens is 554 g/mol. The molecule has 3 aromatic rings. The number of amides is 1. The third-order valence-corrected chi connectivity index (χ3v) is 9.10. The topological polar surface area (TPSA) is 84.2 Å². The number of carboxylic acid groups (broad SMARTS) is 1. The molecule has 2 heterocycles. The Labute approximate surface area is 261 Å². The molecular formula is C36H49N3O5. The molecule has 1 N–H and O–H groups in total. The van der Waals surface area contributed by atoms with Crippen molar-refractivity contribution in [3.63, 3.8) is 0 Å². The van der Waals surface area contributed by atoms with Gasteiger partial charge in [0.25, 0.3) is 0 Å². The van der Waals surface area contributed by atoms with Crippen molar-refractivity contribution in [1.29, 1.82) is 0 Å². The number of nitrogens with zero attached hydrogens (tertiary/aromatic N) is 3. The molecule has 1 fully saturated rings. The van der Waals surface area contributed by atoms with E-state index in [4.69, 9.17) is 9.47 Å². The zero-order chi connectivity index (χ0) is 31.4. The molecule has 0 unspecified atom stereocenters. The molecule has 5 rings (SSSR count). The van der Waals surface area contributed by atoms with E-state index in [1.165, 1.54) is 35.9 Å². The number of carbonyl (C=O) groups excluding carboxylic acids is 1. The van der Waals surface area contributed by atoms with Crippen LogP contribution in [0.1, 0.15) is 87.6 Å². The molecule has 2 aromatic carbocycles. The van der Waals surface area contributed by atoms with Crippen LogP contribution in [0.15, 0.2) is 42.5 Å². The van der Waals surface area contributed by atoms with E-state index in [2.05, 4.69) is 34.7 Å². The Morgan fingerprint density at radius 2 is 1.77 bits per heavy atom. The van der Waals surface area contributed by atoms with E-state index in [9.17, 15) is 14.7 Å². The minimum Gasteiger partial charge on any atom is -0.493 e. The van der Waals surface area contributed by atoms with Crippen LogP contribution in [-0.4, -0.2) is 77.5 Å². The van der Waals surface area contributed by atoms with Gasteiger partial charge in [-0.05, 0) is 95.8 Å². The Kier molecular flexibility index (Phi) is 9.88. The molecule has 1 aromatic heterocycles. The lowest BCUT2D eigenvalue weighted by molar-refractivity contribution is 0.0286. The molecule has 8 heteroatoms. The zero-order valence-corrected chi connectivity index (χ0v) is 27.1. The number of likely N-dealkylation sites (N-methyl/N-ethyl adjacent to an activating group) is 2. The number of aromatic carboxylic acids is 1. The third-order valence-electron chi connectivity index (χ3n) is 9.10. The number of para-hydroxylation sites is 1. The molecule has 1 atom stereocenters. The summed E-state index contributed by atoms with van der Waals surface area (Å²) in [7, 11) is 3.87. The van der Waals surface area contributed by atoms with Gasteiger partial charge in [0.1, 0.15) is 11.4 Å². The molecule has 0 saturated heterocycles. The summed E-state index contributed by atoms with van der Waals surface area (Å²) in [6.45, 7) is 9.30. The first-order valence-electron chi connectivity index (χ1n) is 16.3. The van der Waals surface area contributed by atoms with Gasteiger partial charge in [-0.3, -0.25) is 0 Å². The fourth-order valence-electron chi connectivity index (χ4n) is 6.79. The van der Waals surface area contributed by atoms with Gasteiger partial charge in [-0.15, -0.1) is 0 Å². The maximum absolute atomic E-state index is 12.3. The van der Waals surface area contributed by atoms with Gasteiger partial charge in [0, 0.05) is 49.1 Å². The number of carbonyl (C=O) groups is 2. The molecule has 1 aliphatic heterocycles. The summed E-state index contributed by atoms with van der Waals surface area (Å²) in [6, 6.07) is 14.0. The molecule has 0 spiro atoms. The van der Waals surface area contributed by atoms with Crippen LogP contribution in [0.3, 0.4) is 0 Å². The van der Waals surface area contributed by atoms with Crippen LogP contribution < -0.4 is 4.74 Å². The number of fused-ring (bicyclic) bond motifs is 5. The van der Waals surface area contributed by atoms with E-state index in [1.807, 2.05) is 39.0 Å². The first-order valence-corrected chi connectivity index (χ1v) is 16.3. The average Bonchev–Trinajstić information content (AvgIpc) is 3.29. The Hall–Kier alpha value is -3.52. The normalized spacial score (nSPS) is 17.4. The summed E-state index contributed by atoms with van der Waals surface area (Å²) in [4.78, 5) is 28.3. The third kappa shape index (κ3) is 7.40. The van der Waals surface area contributed by atoms with E-state index in [0.29, 0.717) is 24.6 Å². The van der Waals surface area contributed by atoms with E-state index < -0.39 is 11.6 Å². The van der Waals surface area contributed by atoms with Gasteiger partial charge in [0.15, 0.2) is 0 Å². The molecule has 0 radical (unpaired) electrons. The molecule has 2 aliphatic rings. The summed E-state index contributed by atoms with van der Waals surface area (Å²) in [5, 5.41) is 11.1. The van der Waals surface area contributed by atoms with Crippen molar-refractivity contribution in [2.24, 2.45) is 5.92 Å². The van der Waals surface area contributed by atoms with E-state index in [0.717, 1.165) is 62.1 Å². The predicted octanol–water partition coefficient (Wildman–Crippen LogP) is 7.64. The minimum atomic E-state index is -0.895. The molecule has 1 amide bonds. The second-order valence-corrected chi connectivity index (χ2v) is 13.8. The number of aromatic nitrogens is 1. The summed E-state index contributed by atoms with van der Waals surface area (Å²) >= 11 is 0. The van der Waals surface area contributed by atoms with Gasteiger partial charge in [-0.2, -0.15) is 0 Å². The summed E-state index contributed by atoms with van der Waals surface area (Å²) < 4.78 is 14.4. The number of hydrogen-bond donors (Lipinski definition) is 1. The average molecular weight is 604 g/mol. The highest BCUT2D eigenvalue weighted by Gasteiger charge is 2.30. The maximum Gasteiger partial charge on any atom is 0.410 e. The maximum atomic E-state index is 12.3. The van der Waals surface area contributed by atoms with Gasteiger partial charge in [0.2, 0.25) is 0 Å². The minimum absolute atomic E-state index is 0.267. The van der Waals surface area contributed by atoms with Crippen molar-refractivity contribution < 1.29 is 24.2 Å². The van der Waals surface area contributed by atoms with Crippen molar-refractivity contribution in [2.75, 3.05) is 40.3 Å². The summed E-state index contributed by atoms with van der Waals surface area (Å²) in [6.07, 6.45) is 7.73. The van der Waals surface area contributed by atoms with Crippen LogP contribution >= 0.6 is 0 Å². The Balaban J connectivity index is 1.37. The largest absolute Gasteiger partial charge is 0.493 e. The highest BCUT2D eigenvalue weighted by Crippen LogP contribution is 2.47. The van der Waals surface area contributed by atoms with Gasteiger partial charge in [-0.1, -0.05) is 37.5 Å². The predicted molar refractivity (Wildman–Crippen MR) is 175 cm³/mol. The molecule has 1 saturated carbocycles. The Bertz CT molecular complexity index is 1470. The fraction of sp³-hybridized carbons (Fsp3) is 0.556. The van der Waals surface area contributed by atoms with Crippen LogP contribution in [0, 0.1) is 5.92 Å². The number of hydrogen-bond acceptors (Lipinski definition) is 5. The summed E-state index contributed by atoms with van der Waals surface area (Å²) in [5.41, 5.74) is 4.51. The van der Waals surface area contributed by atoms with Crippen molar-refractivity contribution in [1.82, 2.24) is 14.4 Å². The van der Waals surface area contributed by atoms with Crippen LogP contribution in [-0.2, 0) is 11.3 Å². The van der Waals surface area contributed by atoms with Gasteiger partial charge in [-0.25, -0.2) is 9.59 Å². The molecule has 0 bridgehead atoms. The Morgan fingerprint density at radius 1 is 1.02 bits per heavy atom. The van der Waals surface area contributed by atoms with Crippen LogP contribution in [0.25, 0.3) is 22.2 Å². The summed E-state index contributed by atoms with van der Waals surface area (Å²) in [5.74, 6) is 0.729. The molecule has 1 aliphatic carbocycles. The van der Waals surface area contributed by atoms with Crippen molar-refractivity contribution >= 4 is 23.0 Å². The number of benzene rings is 2. The number of rotatable bonds is 9. The van der Waals surface area contributed by atoms with Gasteiger partial charge in [0.05, 0.1) is 17.9 Å². The van der Waals surface area contributed by atoms with E-state index >= 15 is 0 Å². The quantitative estimate of drug-likeness (QED) is 0.271. The molecule has 44 heavy (non-hydrogen) atoms. The number of ether oxygens (including phenoxy) is 2. The van der Waals surface area contributed by atoms with Crippen molar-refractivity contribution in [3.05, 3.63) is 53.6 Å². The molecule has 238 valence electrons. The Morgan fingerprint density at radius 3 is 2.50 bits per heavy atom. The zero-order valence-electron chi connectivity index (χ0n) is 27.1. The lowest BCUT2D eigenvalue weighted by atomic mass is 9.81. The van der Waals surface area contributed by atoms with Gasteiger partial charge >= 0.3 is 12.1 Å². The van der Waals surface area contributed by atoms with Crippen molar-refractivity contribution in [3.8, 4) is 17.0 Å². The first-order chi connectivity index (χ1) is 21.0. The standard InChI is InChI=1S/C36H49N3O5/c1-36(2,3)44-35(42)38(5)21-20-37(4)19-11-12-25-23-39-30-22-27(34(40)41)17-18-28(30)32(26-13-7-6-8-14-26)33(39)29-15-9-10-16-31(29)43-24-25/h9-10,15-18,22,25-26H,6-8,11-14,19-21,23-24H2,1-5H3,(H,40,41)/t25-/m1/s1. The van der Waals surface area contributed by atoms with Crippen LogP contribution in [0.5, 0.6) is 5.75 Å². The lowest BCUT2D eigenvalue weighted by Crippen LogP contribution is -2.38. The first kappa shape index (κ1) is 31.9. The van der Waals surface area contributed by atoms with E-state index in [1.54, 1.807) is 18.0 Å². The van der Waals surface area contributed by atoms with Crippen LogP contribution in [0.4, 0.5) is 4.79 Å². The van der Waals surface area contributed by atoms with E-state index in [-0.39, 0.29) is 12.0 Å². The highest BCUT2D eigenvalue weighted by atomic mass is 16.6. The second-order valence-electron chi connectivity index (χ2n) is 13.8. The molecule has 8 nitrogen and oxygen atoms in total. The lowest BCUT2D eigenvalue weighted by Gasteiger charge is -2.28. The fourth-order valence-corrected chi connectivity index (χ4v) is 6.79. The van der Waals surface area contributed by atoms with Crippen molar-refractivity contribution in [2.45, 2.75) is 83.8 Å².